The van der Waals surface area contributed by atoms with Gasteiger partial charge >= 0.3 is 11.9 Å². The summed E-state index contributed by atoms with van der Waals surface area (Å²) in [4.78, 5) is 20.6. The molecule has 0 spiro atoms. The van der Waals surface area contributed by atoms with E-state index in [1.54, 1.807) is 6.07 Å². The van der Waals surface area contributed by atoms with Crippen LogP contribution in [0.5, 0.6) is 0 Å². The summed E-state index contributed by atoms with van der Waals surface area (Å²) >= 11 is 0. The number of hydrogen-bond acceptors (Lipinski definition) is 4. The lowest BCUT2D eigenvalue weighted by Gasteiger charge is -2.00. The number of hydrogen-bond donors (Lipinski definition) is 0. The molecule has 0 saturated heterocycles. The van der Waals surface area contributed by atoms with Gasteiger partial charge in [0.05, 0.1) is 19.8 Å². The topological polar surface area (TPSA) is 52.6 Å². The molecule has 0 aliphatic heterocycles. The molecule has 0 aromatic heterocycles. The van der Waals surface area contributed by atoms with E-state index in [9.17, 15) is 9.59 Å². The summed E-state index contributed by atoms with van der Waals surface area (Å²) < 4.78 is 8.69. The maximum absolute atomic E-state index is 11.0. The molecule has 0 N–H and O–H groups in total. The Balaban J connectivity index is 0.000000385. The summed E-state index contributed by atoms with van der Waals surface area (Å²) in [6.45, 7) is 3.24. The lowest BCUT2D eigenvalue weighted by atomic mass is 10.1. The summed E-state index contributed by atoms with van der Waals surface area (Å²) in [5.41, 5.74) is 1.58. The molecular formula is C12H16O4. The van der Waals surface area contributed by atoms with Crippen LogP contribution in [0.15, 0.2) is 24.3 Å². The van der Waals surface area contributed by atoms with Crippen LogP contribution in [0.1, 0.15) is 22.8 Å². The van der Waals surface area contributed by atoms with Gasteiger partial charge in [0, 0.05) is 6.92 Å². The largest absolute Gasteiger partial charge is 0.469 e. The molecule has 1 rings (SSSR count). The van der Waals surface area contributed by atoms with Gasteiger partial charge in [-0.2, -0.15) is 0 Å². The molecule has 16 heavy (non-hydrogen) atoms. The Labute approximate surface area is 95.2 Å². The monoisotopic (exact) mass is 224 g/mol. The highest BCUT2D eigenvalue weighted by Gasteiger charge is 2.05. The number of esters is 2. The zero-order valence-electron chi connectivity index (χ0n) is 9.94. The average molecular weight is 224 g/mol. The second kappa shape index (κ2) is 7.45. The van der Waals surface area contributed by atoms with Gasteiger partial charge in [0.1, 0.15) is 0 Å². The Kier molecular flexibility index (Phi) is 6.59. The SMILES string of the molecule is COC(=O)c1ccccc1C.COC(C)=O. The predicted octanol–water partition coefficient (Wildman–Crippen LogP) is 1.96. The molecule has 0 aliphatic rings. The van der Waals surface area contributed by atoms with Crippen LogP contribution in [0.4, 0.5) is 0 Å². The number of methoxy groups -OCH3 is 2. The van der Waals surface area contributed by atoms with E-state index < -0.39 is 0 Å². The summed E-state index contributed by atoms with van der Waals surface area (Å²) in [5.74, 6) is -0.520. The van der Waals surface area contributed by atoms with Crippen LogP contribution in [0.2, 0.25) is 0 Å². The van der Waals surface area contributed by atoms with Crippen molar-refractivity contribution in [1.29, 1.82) is 0 Å². The number of rotatable bonds is 1. The first-order valence-electron chi connectivity index (χ1n) is 4.71. The highest BCUT2D eigenvalue weighted by atomic mass is 16.5. The van der Waals surface area contributed by atoms with Crippen molar-refractivity contribution in [2.24, 2.45) is 0 Å². The van der Waals surface area contributed by atoms with Gasteiger partial charge in [0.2, 0.25) is 0 Å². The smallest absolute Gasteiger partial charge is 0.338 e. The van der Waals surface area contributed by atoms with Gasteiger partial charge in [0.25, 0.3) is 0 Å². The number of carbonyl (C=O) groups excluding carboxylic acids is 2. The summed E-state index contributed by atoms with van der Waals surface area (Å²) in [6.07, 6.45) is 0. The van der Waals surface area contributed by atoms with Gasteiger partial charge in [-0.25, -0.2) is 4.79 Å². The van der Waals surface area contributed by atoms with Gasteiger partial charge in [-0.3, -0.25) is 4.79 Å². The fraction of sp³-hybridized carbons (Fsp3) is 0.333. The van der Waals surface area contributed by atoms with E-state index in [0.29, 0.717) is 5.56 Å². The van der Waals surface area contributed by atoms with E-state index in [-0.39, 0.29) is 11.9 Å². The fourth-order valence-electron chi connectivity index (χ4n) is 0.912. The molecule has 1 aromatic carbocycles. The van der Waals surface area contributed by atoms with Gasteiger partial charge in [-0.05, 0) is 18.6 Å². The van der Waals surface area contributed by atoms with Crippen molar-refractivity contribution in [2.75, 3.05) is 14.2 Å². The van der Waals surface area contributed by atoms with Gasteiger partial charge in [-0.1, -0.05) is 18.2 Å². The molecule has 0 atom stereocenters. The third kappa shape index (κ3) is 5.14. The molecule has 0 saturated carbocycles. The van der Waals surface area contributed by atoms with Gasteiger partial charge < -0.3 is 9.47 Å². The molecule has 0 fully saturated rings. The third-order valence-corrected chi connectivity index (χ3v) is 1.84. The zero-order valence-corrected chi connectivity index (χ0v) is 9.94. The van der Waals surface area contributed by atoms with Crippen LogP contribution in [0, 0.1) is 6.92 Å². The van der Waals surface area contributed by atoms with E-state index in [0.717, 1.165) is 5.56 Å². The van der Waals surface area contributed by atoms with Crippen molar-refractivity contribution in [3.05, 3.63) is 35.4 Å². The fourth-order valence-corrected chi connectivity index (χ4v) is 0.912. The first-order valence-corrected chi connectivity index (χ1v) is 4.71. The maximum Gasteiger partial charge on any atom is 0.338 e. The molecule has 0 amide bonds. The molecule has 0 aliphatic carbocycles. The normalized spacial score (nSPS) is 8.50. The van der Waals surface area contributed by atoms with Crippen molar-refractivity contribution in [1.82, 2.24) is 0 Å². The van der Waals surface area contributed by atoms with E-state index >= 15 is 0 Å². The molecular weight excluding hydrogens is 208 g/mol. The molecule has 0 radical (unpaired) electrons. The number of aryl methyl sites for hydroxylation is 1. The number of ether oxygens (including phenoxy) is 2. The molecule has 4 nitrogen and oxygen atoms in total. The Hall–Kier alpha value is -1.84. The minimum absolute atomic E-state index is 0.245. The van der Waals surface area contributed by atoms with Crippen molar-refractivity contribution < 1.29 is 19.1 Å². The Morgan fingerprint density at radius 1 is 1.06 bits per heavy atom. The maximum atomic E-state index is 11.0. The highest BCUT2D eigenvalue weighted by molar-refractivity contribution is 5.90. The lowest BCUT2D eigenvalue weighted by Crippen LogP contribution is -2.02. The Morgan fingerprint density at radius 2 is 1.56 bits per heavy atom. The van der Waals surface area contributed by atoms with E-state index in [1.807, 2.05) is 25.1 Å². The standard InChI is InChI=1S/C9H10O2.C3H6O2/c1-7-5-3-4-6-8(7)9(10)11-2;1-3(4)5-2/h3-6H,1-2H3;1-2H3. The van der Waals surface area contributed by atoms with Crippen LogP contribution >= 0.6 is 0 Å². The van der Waals surface area contributed by atoms with E-state index in [4.69, 9.17) is 0 Å². The molecule has 4 heteroatoms. The first-order chi connectivity index (χ1) is 7.52. The number of benzene rings is 1. The minimum Gasteiger partial charge on any atom is -0.469 e. The third-order valence-electron chi connectivity index (χ3n) is 1.84. The zero-order chi connectivity index (χ0) is 12.6. The van der Waals surface area contributed by atoms with Crippen molar-refractivity contribution in [3.8, 4) is 0 Å². The number of carbonyl (C=O) groups is 2. The van der Waals surface area contributed by atoms with Crippen LogP contribution < -0.4 is 0 Å². The van der Waals surface area contributed by atoms with Crippen LogP contribution in [-0.4, -0.2) is 26.2 Å². The van der Waals surface area contributed by atoms with E-state index in [1.165, 1.54) is 21.1 Å². The quantitative estimate of drug-likeness (QED) is 0.684. The van der Waals surface area contributed by atoms with Crippen molar-refractivity contribution in [2.45, 2.75) is 13.8 Å². The Morgan fingerprint density at radius 3 is 1.94 bits per heavy atom. The lowest BCUT2D eigenvalue weighted by molar-refractivity contribution is -0.137. The second-order valence-electron chi connectivity index (χ2n) is 3.00. The molecule has 0 unspecified atom stereocenters. The summed E-state index contributed by atoms with van der Waals surface area (Å²) in [5, 5.41) is 0. The minimum atomic E-state index is -0.275. The second-order valence-corrected chi connectivity index (χ2v) is 3.00. The highest BCUT2D eigenvalue weighted by Crippen LogP contribution is 2.07. The molecule has 1 aromatic rings. The van der Waals surface area contributed by atoms with Gasteiger partial charge in [-0.15, -0.1) is 0 Å². The van der Waals surface area contributed by atoms with Crippen LogP contribution in [0.25, 0.3) is 0 Å². The average Bonchev–Trinajstić information content (AvgIpc) is 2.29. The summed E-state index contributed by atoms with van der Waals surface area (Å²) in [6, 6.07) is 7.34. The van der Waals surface area contributed by atoms with Gasteiger partial charge in [0.15, 0.2) is 0 Å². The Bertz CT molecular complexity index is 358. The predicted molar refractivity (Wildman–Crippen MR) is 60.2 cm³/mol. The first kappa shape index (κ1) is 14.2. The van der Waals surface area contributed by atoms with Crippen LogP contribution in [-0.2, 0) is 14.3 Å². The van der Waals surface area contributed by atoms with E-state index in [2.05, 4.69) is 9.47 Å². The van der Waals surface area contributed by atoms with Crippen molar-refractivity contribution >= 4 is 11.9 Å². The van der Waals surface area contributed by atoms with Crippen molar-refractivity contribution in [3.63, 3.8) is 0 Å². The molecule has 0 bridgehead atoms. The summed E-state index contributed by atoms with van der Waals surface area (Å²) in [7, 11) is 2.73. The molecule has 88 valence electrons. The van der Waals surface area contributed by atoms with Crippen LogP contribution in [0.3, 0.4) is 0 Å². The molecule has 0 heterocycles.